The van der Waals surface area contributed by atoms with Crippen LogP contribution in [-0.4, -0.2) is 48.6 Å². The fourth-order valence-corrected chi connectivity index (χ4v) is 8.73. The highest BCUT2D eigenvalue weighted by Crippen LogP contribution is 2.58. The van der Waals surface area contributed by atoms with E-state index in [1.54, 1.807) is 11.8 Å². The van der Waals surface area contributed by atoms with Gasteiger partial charge in [-0.3, -0.25) is 4.67 Å². The zero-order valence-corrected chi connectivity index (χ0v) is 17.6. The molecule has 0 N–H and O–H groups in total. The van der Waals surface area contributed by atoms with Crippen molar-refractivity contribution in [1.29, 1.82) is 0 Å². The van der Waals surface area contributed by atoms with Crippen LogP contribution in [0.25, 0.3) is 0 Å². The van der Waals surface area contributed by atoms with Crippen molar-refractivity contribution >= 4 is 53.8 Å². The van der Waals surface area contributed by atoms with Crippen LogP contribution in [0.1, 0.15) is 27.7 Å². The molecule has 0 amide bonds. The van der Waals surface area contributed by atoms with E-state index >= 15 is 0 Å². The van der Waals surface area contributed by atoms with Crippen LogP contribution in [0, 0.1) is 0 Å². The van der Waals surface area contributed by atoms with Crippen LogP contribution in [0.15, 0.2) is 4.76 Å². The SMILES string of the molecule is CCOP(=S)(/N=C1\SCCN1P(=S)(OCC)OCC)OCC. The molecule has 0 aliphatic carbocycles. The molecule has 6 nitrogen and oxygen atoms in total. The number of hydrogen-bond acceptors (Lipinski definition) is 7. The van der Waals surface area contributed by atoms with E-state index in [1.807, 2.05) is 32.4 Å². The van der Waals surface area contributed by atoms with E-state index in [4.69, 9.17) is 41.7 Å². The highest BCUT2D eigenvalue weighted by molar-refractivity contribution is 8.17. The fraction of sp³-hybridized carbons (Fsp3) is 0.909. The van der Waals surface area contributed by atoms with Crippen LogP contribution in [0.2, 0.25) is 0 Å². The Kier molecular flexibility index (Phi) is 9.61. The van der Waals surface area contributed by atoms with Crippen molar-refractivity contribution in [3.05, 3.63) is 0 Å². The molecule has 0 unspecified atom stereocenters. The molecule has 11 heteroatoms. The summed E-state index contributed by atoms with van der Waals surface area (Å²) in [6.07, 6.45) is 0. The van der Waals surface area contributed by atoms with E-state index in [0.717, 1.165) is 17.5 Å². The average molecular weight is 406 g/mol. The van der Waals surface area contributed by atoms with Crippen LogP contribution in [0.5, 0.6) is 0 Å². The van der Waals surface area contributed by atoms with E-state index in [2.05, 4.69) is 4.76 Å². The van der Waals surface area contributed by atoms with Crippen molar-refractivity contribution in [3.8, 4) is 0 Å². The molecule has 0 aromatic carbocycles. The van der Waals surface area contributed by atoms with Gasteiger partial charge in [0.1, 0.15) is 0 Å². The minimum atomic E-state index is -2.69. The number of amidine groups is 1. The van der Waals surface area contributed by atoms with Crippen LogP contribution in [-0.2, 0) is 41.7 Å². The Balaban J connectivity index is 3.08. The predicted molar refractivity (Wildman–Crippen MR) is 102 cm³/mol. The van der Waals surface area contributed by atoms with E-state index in [-0.39, 0.29) is 0 Å². The summed E-state index contributed by atoms with van der Waals surface area (Å²) in [7, 11) is 0. The zero-order chi connectivity index (χ0) is 16.6. The Hall–Kier alpha value is 0.960. The molecule has 1 fully saturated rings. The second kappa shape index (κ2) is 10.1. The van der Waals surface area contributed by atoms with E-state index < -0.39 is 13.3 Å². The van der Waals surface area contributed by atoms with Gasteiger partial charge in [-0.05, 0) is 51.3 Å². The smallest absolute Gasteiger partial charge is 0.311 e. The maximum absolute atomic E-state index is 5.75. The molecule has 0 atom stereocenters. The molecule has 0 spiro atoms. The minimum Gasteiger partial charge on any atom is -0.314 e. The van der Waals surface area contributed by atoms with Crippen molar-refractivity contribution in [2.75, 3.05) is 38.7 Å². The van der Waals surface area contributed by atoms with Crippen molar-refractivity contribution in [2.24, 2.45) is 4.76 Å². The monoisotopic (exact) mass is 406 g/mol. The molecule has 0 aromatic heterocycles. The van der Waals surface area contributed by atoms with Crippen molar-refractivity contribution in [3.63, 3.8) is 0 Å². The summed E-state index contributed by atoms with van der Waals surface area (Å²) in [6, 6.07) is 0. The lowest BCUT2D eigenvalue weighted by atomic mass is 10.8. The Morgan fingerprint density at radius 2 is 1.50 bits per heavy atom. The molecule has 0 bridgehead atoms. The largest absolute Gasteiger partial charge is 0.314 e. The second-order valence-electron chi connectivity index (χ2n) is 3.96. The molecule has 1 rings (SSSR count). The van der Waals surface area contributed by atoms with Crippen LogP contribution < -0.4 is 0 Å². The van der Waals surface area contributed by atoms with E-state index in [1.165, 1.54) is 0 Å². The summed E-state index contributed by atoms with van der Waals surface area (Å²) in [5, 5.41) is 0.718. The normalized spacial score (nSPS) is 18.4. The van der Waals surface area contributed by atoms with Gasteiger partial charge in [0.25, 0.3) is 6.64 Å². The van der Waals surface area contributed by atoms with E-state index in [9.17, 15) is 0 Å². The maximum atomic E-state index is 5.75. The first-order valence-electron chi connectivity index (χ1n) is 7.23. The second-order valence-corrected chi connectivity index (χ2v) is 11.4. The quantitative estimate of drug-likeness (QED) is 0.505. The number of rotatable bonds is 10. The molecular formula is C11H24N2O4P2S3. The lowest BCUT2D eigenvalue weighted by Gasteiger charge is -2.31. The lowest BCUT2D eigenvalue weighted by Crippen LogP contribution is -2.24. The van der Waals surface area contributed by atoms with Crippen LogP contribution in [0.4, 0.5) is 0 Å². The third-order valence-corrected chi connectivity index (χ3v) is 9.51. The third kappa shape index (κ3) is 5.80. The Labute approximate surface area is 147 Å². The third-order valence-electron chi connectivity index (χ3n) is 2.43. The number of thioether (sulfide) groups is 1. The van der Waals surface area contributed by atoms with Gasteiger partial charge in [0.05, 0.1) is 26.4 Å². The van der Waals surface area contributed by atoms with Crippen molar-refractivity contribution in [1.82, 2.24) is 4.67 Å². The van der Waals surface area contributed by atoms with Gasteiger partial charge < -0.3 is 18.1 Å². The molecular weight excluding hydrogens is 382 g/mol. The topological polar surface area (TPSA) is 52.5 Å². The van der Waals surface area contributed by atoms with Crippen LogP contribution >= 0.6 is 25.0 Å². The van der Waals surface area contributed by atoms with E-state index in [0.29, 0.717) is 26.4 Å². The summed E-state index contributed by atoms with van der Waals surface area (Å²) in [6.45, 7) is 4.96. The van der Waals surface area contributed by atoms with Gasteiger partial charge in [0, 0.05) is 12.3 Å². The van der Waals surface area contributed by atoms with Gasteiger partial charge >= 0.3 is 6.64 Å². The van der Waals surface area contributed by atoms with Crippen LogP contribution in [0.3, 0.4) is 0 Å². The Bertz CT molecular complexity index is 458. The summed E-state index contributed by atoms with van der Waals surface area (Å²) in [4.78, 5) is 0. The molecule has 0 radical (unpaired) electrons. The first kappa shape index (κ1) is 21.0. The average Bonchev–Trinajstić information content (AvgIpc) is 2.88. The Morgan fingerprint density at radius 3 is 1.95 bits per heavy atom. The lowest BCUT2D eigenvalue weighted by molar-refractivity contribution is 0.240. The number of nitrogens with zero attached hydrogens (tertiary/aromatic N) is 2. The van der Waals surface area contributed by atoms with Crippen molar-refractivity contribution in [2.45, 2.75) is 27.7 Å². The summed E-state index contributed by atoms with van der Waals surface area (Å²) in [5.74, 6) is 0.866. The first-order chi connectivity index (χ1) is 10.4. The van der Waals surface area contributed by atoms with Crippen molar-refractivity contribution < 1.29 is 18.1 Å². The molecule has 22 heavy (non-hydrogen) atoms. The Morgan fingerprint density at radius 1 is 1.00 bits per heavy atom. The molecule has 1 aliphatic rings. The van der Waals surface area contributed by atoms with Gasteiger partial charge in [-0.15, -0.1) is 0 Å². The molecule has 1 heterocycles. The summed E-state index contributed by atoms with van der Waals surface area (Å²) >= 11 is 12.7. The first-order valence-corrected chi connectivity index (χ1v) is 13.4. The molecule has 0 aromatic rings. The highest BCUT2D eigenvalue weighted by atomic mass is 32.5. The standard InChI is InChI=1S/C11H24N2O4P2S3/c1-5-14-18(20,15-6-2)12-11-13(9-10-22-11)19(21,16-7-3)17-8-4/h5-10H2,1-4H3/b12-11-. The molecule has 0 saturated carbocycles. The summed E-state index contributed by atoms with van der Waals surface area (Å²) < 4.78 is 29.2. The van der Waals surface area contributed by atoms with Gasteiger partial charge in [-0.1, -0.05) is 11.8 Å². The number of hydrogen-bond donors (Lipinski definition) is 0. The molecule has 1 saturated heterocycles. The minimum absolute atomic E-state index is 0.462. The van der Waals surface area contributed by atoms with Gasteiger partial charge in [-0.2, -0.15) is 4.76 Å². The summed E-state index contributed by atoms with van der Waals surface area (Å²) in [5.41, 5.74) is 0. The molecule has 1 aliphatic heterocycles. The maximum Gasteiger partial charge on any atom is 0.311 e. The zero-order valence-electron chi connectivity index (χ0n) is 13.4. The fourth-order valence-electron chi connectivity index (χ4n) is 1.73. The predicted octanol–water partition coefficient (Wildman–Crippen LogP) is 3.99. The van der Waals surface area contributed by atoms with Gasteiger partial charge in [0.2, 0.25) is 0 Å². The van der Waals surface area contributed by atoms with Gasteiger partial charge in [0.15, 0.2) is 5.17 Å². The molecule has 130 valence electrons. The van der Waals surface area contributed by atoms with Gasteiger partial charge in [-0.25, -0.2) is 0 Å². The highest BCUT2D eigenvalue weighted by Gasteiger charge is 2.36.